The molecule has 108 valence electrons. The van der Waals surface area contributed by atoms with Crippen molar-refractivity contribution in [2.75, 3.05) is 4.72 Å². The van der Waals surface area contributed by atoms with Crippen LogP contribution < -0.4 is 4.72 Å². The van der Waals surface area contributed by atoms with Gasteiger partial charge in [-0.05, 0) is 31.4 Å². The van der Waals surface area contributed by atoms with E-state index in [-0.39, 0.29) is 6.04 Å². The van der Waals surface area contributed by atoms with Gasteiger partial charge in [-0.2, -0.15) is 8.42 Å². The summed E-state index contributed by atoms with van der Waals surface area (Å²) in [6, 6.07) is 5.06. The second-order valence-corrected chi connectivity index (χ2v) is 7.05. The molecular weight excluding hydrogens is 276 g/mol. The van der Waals surface area contributed by atoms with Gasteiger partial charge in [0.25, 0.3) is 5.91 Å². The minimum atomic E-state index is -3.77. The summed E-state index contributed by atoms with van der Waals surface area (Å²) in [6.07, 6.45) is 4.58. The predicted molar refractivity (Wildman–Crippen MR) is 76.8 cm³/mol. The monoisotopic (exact) mass is 294 g/mol. The molecule has 1 aromatic rings. The van der Waals surface area contributed by atoms with Gasteiger partial charge in [0.2, 0.25) is 0 Å². The highest BCUT2D eigenvalue weighted by Gasteiger charge is 2.40. The lowest BCUT2D eigenvalue weighted by atomic mass is 9.95. The molecule has 1 saturated carbocycles. The maximum Gasteiger partial charge on any atom is 0.326 e. The normalized spacial score (nSPS) is 22.2. The number of amides is 1. The number of carbonyl (C=O) groups excluding carboxylic acids is 1. The number of nitrogens with zero attached hydrogens (tertiary/aromatic N) is 1. The van der Waals surface area contributed by atoms with E-state index in [1.807, 2.05) is 0 Å². The Morgan fingerprint density at radius 1 is 1.20 bits per heavy atom. The molecule has 1 fully saturated rings. The topological polar surface area (TPSA) is 66.5 Å². The first-order chi connectivity index (χ1) is 9.50. The summed E-state index contributed by atoms with van der Waals surface area (Å²) >= 11 is 0. The van der Waals surface area contributed by atoms with Gasteiger partial charge >= 0.3 is 10.2 Å². The lowest BCUT2D eigenvalue weighted by Gasteiger charge is -2.37. The van der Waals surface area contributed by atoms with Crippen molar-refractivity contribution < 1.29 is 13.2 Å². The third-order valence-corrected chi connectivity index (χ3v) is 5.54. The number of nitrogens with one attached hydrogen (secondary N) is 1. The molecule has 0 radical (unpaired) electrons. The fourth-order valence-electron chi connectivity index (χ4n) is 3.07. The van der Waals surface area contributed by atoms with Gasteiger partial charge < -0.3 is 0 Å². The second kappa shape index (κ2) is 4.77. The summed E-state index contributed by atoms with van der Waals surface area (Å²) in [5.74, 6) is -0.394. The van der Waals surface area contributed by atoms with Crippen molar-refractivity contribution in [3.8, 4) is 0 Å². The molecule has 0 atom stereocenters. The van der Waals surface area contributed by atoms with Crippen LogP contribution in [0.15, 0.2) is 18.2 Å². The highest BCUT2D eigenvalue weighted by molar-refractivity contribution is 7.91. The zero-order chi connectivity index (χ0) is 14.3. The summed E-state index contributed by atoms with van der Waals surface area (Å²) in [4.78, 5) is 12.6. The zero-order valence-electron chi connectivity index (χ0n) is 11.4. The summed E-state index contributed by atoms with van der Waals surface area (Å²) < 4.78 is 28.4. The fraction of sp³-hybridized carbons (Fsp3) is 0.500. The quantitative estimate of drug-likeness (QED) is 0.865. The van der Waals surface area contributed by atoms with Crippen LogP contribution in [-0.2, 0) is 10.2 Å². The van der Waals surface area contributed by atoms with Gasteiger partial charge in [-0.3, -0.25) is 9.52 Å². The van der Waals surface area contributed by atoms with Crippen molar-refractivity contribution >= 4 is 21.8 Å². The average Bonchev–Trinajstić information content (AvgIpc) is 2.41. The minimum absolute atomic E-state index is 0.206. The highest BCUT2D eigenvalue weighted by Crippen LogP contribution is 2.34. The van der Waals surface area contributed by atoms with E-state index in [0.29, 0.717) is 11.3 Å². The van der Waals surface area contributed by atoms with Gasteiger partial charge in [-0.1, -0.05) is 31.4 Å². The van der Waals surface area contributed by atoms with E-state index < -0.39 is 16.1 Å². The minimum Gasteiger partial charge on any atom is -0.268 e. The number of hydrogen-bond donors (Lipinski definition) is 1. The molecule has 1 aromatic carbocycles. The van der Waals surface area contributed by atoms with Gasteiger partial charge in [0.15, 0.2) is 0 Å². The number of para-hydroxylation sites is 1. The van der Waals surface area contributed by atoms with E-state index in [0.717, 1.165) is 42.0 Å². The number of rotatable bonds is 1. The molecular formula is C14H18N2O3S. The first-order valence-corrected chi connectivity index (χ1v) is 8.41. The molecule has 0 aromatic heterocycles. The van der Waals surface area contributed by atoms with Crippen LogP contribution >= 0.6 is 0 Å². The van der Waals surface area contributed by atoms with Crippen molar-refractivity contribution in [1.82, 2.24) is 4.31 Å². The van der Waals surface area contributed by atoms with Crippen molar-refractivity contribution in [2.24, 2.45) is 0 Å². The van der Waals surface area contributed by atoms with Crippen molar-refractivity contribution in [2.45, 2.75) is 45.1 Å². The number of benzene rings is 1. The van der Waals surface area contributed by atoms with E-state index >= 15 is 0 Å². The number of fused-ring (bicyclic) bond motifs is 1. The third kappa shape index (κ3) is 2.08. The molecule has 2 aliphatic rings. The Balaban J connectivity index is 2.06. The van der Waals surface area contributed by atoms with Crippen LogP contribution in [0.4, 0.5) is 5.69 Å². The zero-order valence-corrected chi connectivity index (χ0v) is 12.2. The Labute approximate surface area is 119 Å². The maximum absolute atomic E-state index is 12.6. The first-order valence-electron chi connectivity index (χ1n) is 6.97. The van der Waals surface area contributed by atoms with E-state index in [2.05, 4.69) is 4.72 Å². The highest BCUT2D eigenvalue weighted by atomic mass is 32.2. The molecule has 5 nitrogen and oxygen atoms in total. The van der Waals surface area contributed by atoms with Crippen LogP contribution in [0.25, 0.3) is 0 Å². The van der Waals surface area contributed by atoms with Gasteiger partial charge in [0.1, 0.15) is 0 Å². The molecule has 3 rings (SSSR count). The van der Waals surface area contributed by atoms with E-state index in [1.165, 1.54) is 0 Å². The summed E-state index contributed by atoms with van der Waals surface area (Å²) in [5.41, 5.74) is 1.64. The van der Waals surface area contributed by atoms with Crippen molar-refractivity contribution in [3.05, 3.63) is 29.3 Å². The SMILES string of the molecule is Cc1cccc2c1NS(=O)(=O)N(C1CCCCC1)C2=O. The van der Waals surface area contributed by atoms with Gasteiger partial charge in [-0.15, -0.1) is 0 Å². The number of hydrogen-bond acceptors (Lipinski definition) is 3. The molecule has 0 spiro atoms. The molecule has 1 N–H and O–H groups in total. The number of aryl methyl sites for hydroxylation is 1. The Kier molecular flexibility index (Phi) is 3.20. The molecule has 1 amide bonds. The molecule has 1 heterocycles. The second-order valence-electron chi connectivity index (χ2n) is 5.50. The Morgan fingerprint density at radius 3 is 2.60 bits per heavy atom. The fourth-order valence-corrected chi connectivity index (χ4v) is 4.61. The molecule has 1 aliphatic carbocycles. The van der Waals surface area contributed by atoms with E-state index in [4.69, 9.17) is 0 Å². The van der Waals surface area contributed by atoms with Crippen LogP contribution in [0, 0.1) is 6.92 Å². The molecule has 0 saturated heterocycles. The summed E-state index contributed by atoms with van der Waals surface area (Å²) in [5, 5.41) is 0. The Morgan fingerprint density at radius 2 is 1.90 bits per heavy atom. The third-order valence-electron chi connectivity index (χ3n) is 4.10. The van der Waals surface area contributed by atoms with Crippen LogP contribution in [0.3, 0.4) is 0 Å². The van der Waals surface area contributed by atoms with Crippen molar-refractivity contribution in [3.63, 3.8) is 0 Å². The van der Waals surface area contributed by atoms with E-state index in [9.17, 15) is 13.2 Å². The molecule has 6 heteroatoms. The lowest BCUT2D eigenvalue weighted by Crippen LogP contribution is -2.51. The molecule has 0 unspecified atom stereocenters. The average molecular weight is 294 g/mol. The molecule has 0 bridgehead atoms. The van der Waals surface area contributed by atoms with Crippen LogP contribution in [0.2, 0.25) is 0 Å². The van der Waals surface area contributed by atoms with Crippen LogP contribution in [0.5, 0.6) is 0 Å². The maximum atomic E-state index is 12.6. The largest absolute Gasteiger partial charge is 0.326 e. The Hall–Kier alpha value is -1.56. The van der Waals surface area contributed by atoms with E-state index in [1.54, 1.807) is 25.1 Å². The first kappa shape index (κ1) is 13.4. The molecule has 20 heavy (non-hydrogen) atoms. The molecule has 1 aliphatic heterocycles. The Bertz CT molecular complexity index is 648. The standard InChI is InChI=1S/C14H18N2O3S/c1-10-6-5-9-12-13(10)15-20(18,19)16(14(12)17)11-7-3-2-4-8-11/h5-6,9,11,15H,2-4,7-8H2,1H3. The van der Waals surface area contributed by atoms with Gasteiger partial charge in [-0.25, -0.2) is 4.31 Å². The number of anilines is 1. The van der Waals surface area contributed by atoms with Crippen molar-refractivity contribution in [1.29, 1.82) is 0 Å². The predicted octanol–water partition coefficient (Wildman–Crippen LogP) is 2.44. The van der Waals surface area contributed by atoms with Gasteiger partial charge in [0, 0.05) is 6.04 Å². The van der Waals surface area contributed by atoms with Crippen LogP contribution in [0.1, 0.15) is 48.0 Å². The number of carbonyl (C=O) groups is 1. The van der Waals surface area contributed by atoms with Gasteiger partial charge in [0.05, 0.1) is 11.3 Å². The summed E-state index contributed by atoms with van der Waals surface area (Å²) in [7, 11) is -3.77. The lowest BCUT2D eigenvalue weighted by molar-refractivity contribution is 0.0796. The summed E-state index contributed by atoms with van der Waals surface area (Å²) in [6.45, 7) is 1.80. The van der Waals surface area contributed by atoms with Crippen LogP contribution in [-0.4, -0.2) is 24.7 Å². The smallest absolute Gasteiger partial charge is 0.268 e.